The van der Waals surface area contributed by atoms with Crippen LogP contribution >= 0.6 is 11.3 Å². The van der Waals surface area contributed by atoms with Crippen molar-refractivity contribution in [3.05, 3.63) is 22.4 Å². The van der Waals surface area contributed by atoms with Gasteiger partial charge in [0.2, 0.25) is 0 Å². The first-order chi connectivity index (χ1) is 9.80. The van der Waals surface area contributed by atoms with Crippen molar-refractivity contribution in [3.63, 3.8) is 0 Å². The first-order valence-corrected chi connectivity index (χ1v) is 8.43. The Morgan fingerprint density at radius 1 is 1.38 bits per heavy atom. The number of carbonyl (C=O) groups is 1. The minimum atomic E-state index is -0.135. The van der Waals surface area contributed by atoms with Crippen LogP contribution in [-0.2, 0) is 4.74 Å². The zero-order chi connectivity index (χ0) is 15.5. The van der Waals surface area contributed by atoms with Crippen molar-refractivity contribution in [1.29, 1.82) is 0 Å². The van der Waals surface area contributed by atoms with Crippen molar-refractivity contribution in [1.82, 2.24) is 10.6 Å². The molecule has 0 aliphatic carbocycles. The van der Waals surface area contributed by atoms with Crippen LogP contribution in [-0.4, -0.2) is 36.2 Å². The smallest absolute Gasteiger partial charge is 0.261 e. The van der Waals surface area contributed by atoms with Crippen LogP contribution in [0.25, 0.3) is 0 Å². The lowest BCUT2D eigenvalue weighted by atomic mass is 9.94. The molecule has 1 saturated heterocycles. The van der Waals surface area contributed by atoms with Gasteiger partial charge >= 0.3 is 0 Å². The molecule has 2 N–H and O–H groups in total. The SMILES string of the molecule is CC1(C)C[C@@H](NCCCNC(=O)c2cccs2)C(C)(C)O1. The van der Waals surface area contributed by atoms with Crippen molar-refractivity contribution in [2.75, 3.05) is 13.1 Å². The lowest BCUT2D eigenvalue weighted by Gasteiger charge is -2.27. The summed E-state index contributed by atoms with van der Waals surface area (Å²) in [6.45, 7) is 10.1. The molecular weight excluding hydrogens is 284 g/mol. The van der Waals surface area contributed by atoms with Gasteiger partial charge in [-0.25, -0.2) is 0 Å². The molecule has 0 bridgehead atoms. The zero-order valence-electron chi connectivity index (χ0n) is 13.4. The van der Waals surface area contributed by atoms with Gasteiger partial charge in [-0.1, -0.05) is 6.07 Å². The van der Waals surface area contributed by atoms with Gasteiger partial charge in [-0.15, -0.1) is 11.3 Å². The van der Waals surface area contributed by atoms with Crippen molar-refractivity contribution in [3.8, 4) is 0 Å². The Hall–Kier alpha value is -0.910. The maximum absolute atomic E-state index is 11.8. The molecule has 0 unspecified atom stereocenters. The molecule has 21 heavy (non-hydrogen) atoms. The van der Waals surface area contributed by atoms with Crippen LogP contribution in [0.15, 0.2) is 17.5 Å². The Morgan fingerprint density at radius 2 is 2.14 bits per heavy atom. The molecule has 2 rings (SSSR count). The van der Waals surface area contributed by atoms with Crippen LogP contribution in [0.1, 0.15) is 50.2 Å². The molecule has 1 amide bonds. The van der Waals surface area contributed by atoms with E-state index in [1.165, 1.54) is 11.3 Å². The fraction of sp³-hybridized carbons (Fsp3) is 0.688. The average molecular weight is 310 g/mol. The summed E-state index contributed by atoms with van der Waals surface area (Å²) in [6.07, 6.45) is 1.94. The third-order valence-electron chi connectivity index (χ3n) is 3.85. The number of ether oxygens (including phenoxy) is 1. The largest absolute Gasteiger partial charge is 0.368 e. The Kier molecular flexibility index (Phi) is 5.07. The number of amides is 1. The minimum Gasteiger partial charge on any atom is -0.368 e. The Bertz CT molecular complexity index is 469. The van der Waals surface area contributed by atoms with Gasteiger partial charge in [0.25, 0.3) is 5.91 Å². The number of nitrogens with one attached hydrogen (secondary N) is 2. The molecule has 0 radical (unpaired) electrons. The molecule has 1 aliphatic rings. The molecule has 4 nitrogen and oxygen atoms in total. The van der Waals surface area contributed by atoms with E-state index in [9.17, 15) is 4.79 Å². The third kappa shape index (κ3) is 4.53. The average Bonchev–Trinajstić information content (AvgIpc) is 2.94. The van der Waals surface area contributed by atoms with Gasteiger partial charge in [0.1, 0.15) is 0 Å². The molecule has 1 fully saturated rings. The molecule has 0 spiro atoms. The van der Waals surface area contributed by atoms with Crippen LogP contribution in [0, 0.1) is 0 Å². The molecule has 5 heteroatoms. The highest BCUT2D eigenvalue weighted by Crippen LogP contribution is 2.37. The van der Waals surface area contributed by atoms with Crippen LogP contribution in [0.5, 0.6) is 0 Å². The van der Waals surface area contributed by atoms with Crippen LogP contribution in [0.4, 0.5) is 0 Å². The van der Waals surface area contributed by atoms with Crippen LogP contribution < -0.4 is 10.6 Å². The highest BCUT2D eigenvalue weighted by molar-refractivity contribution is 7.12. The van der Waals surface area contributed by atoms with Gasteiger partial charge in [0, 0.05) is 12.6 Å². The number of carbonyl (C=O) groups excluding carboxylic acids is 1. The standard InChI is InChI=1S/C16H26N2O2S/c1-15(2)11-13(16(3,4)20-15)17-8-6-9-18-14(19)12-7-5-10-21-12/h5,7,10,13,17H,6,8-9,11H2,1-4H3,(H,18,19)/t13-/m1/s1. The van der Waals surface area contributed by atoms with Gasteiger partial charge < -0.3 is 15.4 Å². The fourth-order valence-electron chi connectivity index (χ4n) is 2.94. The lowest BCUT2D eigenvalue weighted by molar-refractivity contribution is -0.0697. The predicted molar refractivity (Wildman–Crippen MR) is 86.9 cm³/mol. The van der Waals surface area contributed by atoms with Crippen LogP contribution in [0.3, 0.4) is 0 Å². The summed E-state index contributed by atoms with van der Waals surface area (Å²) in [7, 11) is 0. The molecule has 118 valence electrons. The highest BCUT2D eigenvalue weighted by atomic mass is 32.1. The summed E-state index contributed by atoms with van der Waals surface area (Å²) in [6, 6.07) is 4.10. The predicted octanol–water partition coefficient (Wildman–Crippen LogP) is 2.80. The van der Waals surface area contributed by atoms with Gasteiger partial charge in [-0.2, -0.15) is 0 Å². The van der Waals surface area contributed by atoms with Crippen molar-refractivity contribution in [2.45, 2.75) is 57.8 Å². The molecule has 0 aromatic carbocycles. The normalized spacial score (nSPS) is 23.1. The summed E-state index contributed by atoms with van der Waals surface area (Å²) in [5.74, 6) is 0.0238. The van der Waals surface area contributed by atoms with E-state index in [-0.39, 0.29) is 17.1 Å². The maximum atomic E-state index is 11.8. The Morgan fingerprint density at radius 3 is 2.71 bits per heavy atom. The van der Waals surface area contributed by atoms with E-state index in [2.05, 4.69) is 38.3 Å². The van der Waals surface area contributed by atoms with E-state index in [1.807, 2.05) is 17.5 Å². The molecule has 0 saturated carbocycles. The maximum Gasteiger partial charge on any atom is 0.261 e. The van der Waals surface area contributed by atoms with Crippen molar-refractivity contribution < 1.29 is 9.53 Å². The van der Waals surface area contributed by atoms with Crippen LogP contribution in [0.2, 0.25) is 0 Å². The van der Waals surface area contributed by atoms with E-state index in [4.69, 9.17) is 4.74 Å². The number of thiophene rings is 1. The number of rotatable bonds is 6. The zero-order valence-corrected chi connectivity index (χ0v) is 14.2. The summed E-state index contributed by atoms with van der Waals surface area (Å²) >= 11 is 1.47. The summed E-state index contributed by atoms with van der Waals surface area (Å²) in [5, 5.41) is 8.43. The topological polar surface area (TPSA) is 50.4 Å². The van der Waals surface area contributed by atoms with E-state index in [0.29, 0.717) is 12.6 Å². The second kappa shape index (κ2) is 6.46. The van der Waals surface area contributed by atoms with E-state index < -0.39 is 0 Å². The second-order valence-corrected chi connectivity index (χ2v) is 7.71. The monoisotopic (exact) mass is 310 g/mol. The first-order valence-electron chi connectivity index (χ1n) is 7.55. The van der Waals surface area contributed by atoms with E-state index in [1.54, 1.807) is 0 Å². The van der Waals surface area contributed by atoms with Gasteiger partial charge in [-0.3, -0.25) is 4.79 Å². The van der Waals surface area contributed by atoms with Gasteiger partial charge in [-0.05, 0) is 58.5 Å². The summed E-state index contributed by atoms with van der Waals surface area (Å²) < 4.78 is 6.06. The van der Waals surface area contributed by atoms with Crippen molar-refractivity contribution in [2.24, 2.45) is 0 Å². The summed E-state index contributed by atoms with van der Waals surface area (Å²) in [5.41, 5.74) is -0.196. The molecule has 1 aromatic heterocycles. The molecular formula is C16H26N2O2S. The minimum absolute atomic E-state index is 0.0238. The molecule has 2 heterocycles. The summed E-state index contributed by atoms with van der Waals surface area (Å²) in [4.78, 5) is 12.5. The van der Waals surface area contributed by atoms with Crippen molar-refractivity contribution >= 4 is 17.2 Å². The first kappa shape index (κ1) is 16.5. The quantitative estimate of drug-likeness (QED) is 0.794. The Balaban J connectivity index is 1.65. The molecule has 1 atom stereocenters. The molecule has 1 aliphatic heterocycles. The van der Waals surface area contributed by atoms with E-state index in [0.717, 1.165) is 24.3 Å². The highest BCUT2D eigenvalue weighted by Gasteiger charge is 2.45. The fourth-order valence-corrected chi connectivity index (χ4v) is 3.58. The van der Waals surface area contributed by atoms with Gasteiger partial charge in [0.05, 0.1) is 16.1 Å². The number of hydrogen-bond donors (Lipinski definition) is 2. The third-order valence-corrected chi connectivity index (χ3v) is 4.72. The number of hydrogen-bond acceptors (Lipinski definition) is 4. The Labute approximate surface area is 131 Å². The second-order valence-electron chi connectivity index (χ2n) is 6.76. The van der Waals surface area contributed by atoms with E-state index >= 15 is 0 Å². The van der Waals surface area contributed by atoms with Gasteiger partial charge in [0.15, 0.2) is 0 Å². The molecule has 1 aromatic rings. The lowest BCUT2D eigenvalue weighted by Crippen LogP contribution is -2.44.